The Balaban J connectivity index is 2.13. The van der Waals surface area contributed by atoms with Crippen LogP contribution in [0, 0.1) is 6.92 Å². The third-order valence-electron chi connectivity index (χ3n) is 3.53. The second-order valence-corrected chi connectivity index (χ2v) is 4.84. The maximum absolute atomic E-state index is 11.8. The van der Waals surface area contributed by atoms with Crippen LogP contribution in [0.15, 0.2) is 10.5 Å². The Morgan fingerprint density at radius 2 is 2.40 bits per heavy atom. The van der Waals surface area contributed by atoms with Crippen LogP contribution in [-0.4, -0.2) is 35.8 Å². The molecular weight excluding hydrogens is 260 g/mol. The van der Waals surface area contributed by atoms with E-state index in [1.807, 2.05) is 6.92 Å². The van der Waals surface area contributed by atoms with Gasteiger partial charge in [0.25, 0.3) is 5.91 Å². The summed E-state index contributed by atoms with van der Waals surface area (Å²) >= 11 is 0. The molecule has 7 nitrogen and oxygen atoms in total. The van der Waals surface area contributed by atoms with E-state index in [2.05, 4.69) is 15.6 Å². The molecule has 4 N–H and O–H groups in total. The summed E-state index contributed by atoms with van der Waals surface area (Å²) < 4.78 is 5.58. The molecule has 0 aromatic carbocycles. The molecular formula is C13H20N4O3. The van der Waals surface area contributed by atoms with E-state index in [4.69, 9.17) is 10.3 Å². The molecule has 0 spiro atoms. The van der Waals surface area contributed by atoms with E-state index in [1.165, 1.54) is 0 Å². The lowest BCUT2D eigenvalue weighted by Crippen LogP contribution is -2.54. The van der Waals surface area contributed by atoms with Gasteiger partial charge in [-0.05, 0) is 19.4 Å². The zero-order chi connectivity index (χ0) is 14.7. The van der Waals surface area contributed by atoms with E-state index in [1.54, 1.807) is 13.0 Å². The number of hydrazine groups is 1. The minimum Gasteiger partial charge on any atom is -0.464 e. The van der Waals surface area contributed by atoms with Gasteiger partial charge in [-0.25, -0.2) is 5.84 Å². The van der Waals surface area contributed by atoms with Crippen LogP contribution >= 0.6 is 0 Å². The molecule has 1 aliphatic heterocycles. The zero-order valence-electron chi connectivity index (χ0n) is 11.7. The normalized spacial score (nSPS) is 19.8. The standard InChI is InChI=1S/C13H20N4O3/c1-3-11-13(19)15-4-5-17(11)7-9-6-10(8(2)20-9)12(18)16-14/h6,11H,3-5,7,14H2,1-2H3,(H,15,19)(H,16,18). The minimum atomic E-state index is -0.374. The van der Waals surface area contributed by atoms with Crippen molar-refractivity contribution in [1.82, 2.24) is 15.6 Å². The number of furan rings is 1. The van der Waals surface area contributed by atoms with Crippen LogP contribution in [0.1, 0.15) is 35.2 Å². The van der Waals surface area contributed by atoms with Gasteiger partial charge in [0.15, 0.2) is 0 Å². The number of aryl methyl sites for hydroxylation is 1. The Bertz CT molecular complexity index is 512. The molecule has 0 bridgehead atoms. The van der Waals surface area contributed by atoms with E-state index in [9.17, 15) is 9.59 Å². The molecule has 0 aliphatic carbocycles. The topological polar surface area (TPSA) is 101 Å². The van der Waals surface area contributed by atoms with Crippen molar-refractivity contribution in [3.05, 3.63) is 23.2 Å². The third kappa shape index (κ3) is 2.83. The van der Waals surface area contributed by atoms with Gasteiger partial charge < -0.3 is 9.73 Å². The maximum Gasteiger partial charge on any atom is 0.268 e. The summed E-state index contributed by atoms with van der Waals surface area (Å²) in [4.78, 5) is 25.4. The number of amides is 2. The summed E-state index contributed by atoms with van der Waals surface area (Å²) in [5.41, 5.74) is 2.52. The molecule has 20 heavy (non-hydrogen) atoms. The molecule has 2 heterocycles. The Hall–Kier alpha value is -1.86. The molecule has 1 aromatic rings. The fourth-order valence-corrected chi connectivity index (χ4v) is 2.52. The first-order chi connectivity index (χ1) is 9.56. The average Bonchev–Trinajstić information content (AvgIpc) is 2.79. The first-order valence-electron chi connectivity index (χ1n) is 6.68. The number of carbonyl (C=O) groups is 2. The van der Waals surface area contributed by atoms with E-state index in [-0.39, 0.29) is 17.9 Å². The highest BCUT2D eigenvalue weighted by atomic mass is 16.3. The highest BCUT2D eigenvalue weighted by Crippen LogP contribution is 2.19. The summed E-state index contributed by atoms with van der Waals surface area (Å²) in [5.74, 6) is 5.98. The number of nitrogens with zero attached hydrogens (tertiary/aromatic N) is 1. The van der Waals surface area contributed by atoms with Gasteiger partial charge >= 0.3 is 0 Å². The van der Waals surface area contributed by atoms with Crippen LogP contribution in [0.5, 0.6) is 0 Å². The first kappa shape index (κ1) is 14.5. The van der Waals surface area contributed by atoms with Crippen molar-refractivity contribution < 1.29 is 14.0 Å². The molecule has 2 amide bonds. The van der Waals surface area contributed by atoms with Crippen LogP contribution < -0.4 is 16.6 Å². The van der Waals surface area contributed by atoms with E-state index in [0.29, 0.717) is 30.2 Å². The average molecular weight is 280 g/mol. The highest BCUT2D eigenvalue weighted by Gasteiger charge is 2.29. The van der Waals surface area contributed by atoms with Crippen LogP contribution in [0.2, 0.25) is 0 Å². The largest absolute Gasteiger partial charge is 0.464 e. The predicted octanol–water partition coefficient (Wildman–Crippen LogP) is -0.0981. The van der Waals surface area contributed by atoms with Gasteiger partial charge in [0.2, 0.25) is 5.91 Å². The van der Waals surface area contributed by atoms with Crippen molar-refractivity contribution in [3.63, 3.8) is 0 Å². The number of piperazine rings is 1. The molecule has 1 aliphatic rings. The van der Waals surface area contributed by atoms with Gasteiger partial charge in [-0.3, -0.25) is 19.9 Å². The van der Waals surface area contributed by atoms with Crippen LogP contribution in [-0.2, 0) is 11.3 Å². The Morgan fingerprint density at radius 3 is 3.05 bits per heavy atom. The molecule has 1 atom stereocenters. The minimum absolute atomic E-state index is 0.0435. The van der Waals surface area contributed by atoms with Crippen LogP contribution in [0.4, 0.5) is 0 Å². The van der Waals surface area contributed by atoms with Crippen molar-refractivity contribution in [1.29, 1.82) is 0 Å². The molecule has 0 radical (unpaired) electrons. The van der Waals surface area contributed by atoms with Gasteiger partial charge in [0, 0.05) is 13.1 Å². The number of hydrogen-bond donors (Lipinski definition) is 3. The van der Waals surface area contributed by atoms with Crippen LogP contribution in [0.3, 0.4) is 0 Å². The van der Waals surface area contributed by atoms with E-state index in [0.717, 1.165) is 13.0 Å². The fourth-order valence-electron chi connectivity index (χ4n) is 2.52. The summed E-state index contributed by atoms with van der Waals surface area (Å²) in [6, 6.07) is 1.53. The molecule has 0 saturated carbocycles. The van der Waals surface area contributed by atoms with Crippen LogP contribution in [0.25, 0.3) is 0 Å². The summed E-state index contributed by atoms with van der Waals surface area (Å²) in [6.07, 6.45) is 0.738. The van der Waals surface area contributed by atoms with Crippen molar-refractivity contribution in [3.8, 4) is 0 Å². The van der Waals surface area contributed by atoms with Gasteiger partial charge in [-0.15, -0.1) is 0 Å². The second-order valence-electron chi connectivity index (χ2n) is 4.84. The molecule has 1 unspecified atom stereocenters. The molecule has 1 fully saturated rings. The van der Waals surface area contributed by atoms with Crippen molar-refractivity contribution in [2.24, 2.45) is 5.84 Å². The molecule has 110 valence electrons. The number of nitrogens with one attached hydrogen (secondary N) is 2. The highest BCUT2D eigenvalue weighted by molar-refractivity contribution is 5.94. The number of nitrogen functional groups attached to an aromatic ring is 1. The van der Waals surface area contributed by atoms with E-state index >= 15 is 0 Å². The number of hydrogen-bond acceptors (Lipinski definition) is 5. The lowest BCUT2D eigenvalue weighted by Gasteiger charge is -2.33. The Kier molecular flexibility index (Phi) is 4.41. The monoisotopic (exact) mass is 280 g/mol. The summed E-state index contributed by atoms with van der Waals surface area (Å²) in [6.45, 7) is 5.59. The van der Waals surface area contributed by atoms with Crippen molar-refractivity contribution in [2.75, 3.05) is 13.1 Å². The van der Waals surface area contributed by atoms with Crippen molar-refractivity contribution >= 4 is 11.8 Å². The smallest absolute Gasteiger partial charge is 0.268 e. The SMILES string of the molecule is CCC1C(=O)NCCN1Cc1cc(C(=O)NN)c(C)o1. The second kappa shape index (κ2) is 6.06. The third-order valence-corrected chi connectivity index (χ3v) is 3.53. The number of carbonyl (C=O) groups excluding carboxylic acids is 2. The Labute approximate surface area is 117 Å². The first-order valence-corrected chi connectivity index (χ1v) is 6.68. The predicted molar refractivity (Wildman–Crippen MR) is 72.6 cm³/mol. The number of nitrogens with two attached hydrogens (primary N) is 1. The van der Waals surface area contributed by atoms with Gasteiger partial charge in [0.05, 0.1) is 18.2 Å². The molecule has 7 heteroatoms. The summed E-state index contributed by atoms with van der Waals surface area (Å²) in [7, 11) is 0. The van der Waals surface area contributed by atoms with Gasteiger partial charge in [-0.2, -0.15) is 0 Å². The lowest BCUT2D eigenvalue weighted by molar-refractivity contribution is -0.129. The number of rotatable bonds is 4. The molecule has 1 aromatic heterocycles. The molecule has 2 rings (SSSR count). The zero-order valence-corrected chi connectivity index (χ0v) is 11.7. The van der Waals surface area contributed by atoms with Crippen molar-refractivity contribution in [2.45, 2.75) is 32.9 Å². The van der Waals surface area contributed by atoms with E-state index < -0.39 is 0 Å². The fraction of sp³-hybridized carbons (Fsp3) is 0.538. The quantitative estimate of drug-likeness (QED) is 0.406. The summed E-state index contributed by atoms with van der Waals surface area (Å²) in [5, 5.41) is 2.85. The lowest BCUT2D eigenvalue weighted by atomic mass is 10.1. The van der Waals surface area contributed by atoms with Gasteiger partial charge in [0.1, 0.15) is 11.5 Å². The maximum atomic E-state index is 11.8. The van der Waals surface area contributed by atoms with Gasteiger partial charge in [-0.1, -0.05) is 6.92 Å². The molecule has 1 saturated heterocycles. The Morgan fingerprint density at radius 1 is 1.65 bits per heavy atom.